The number of likely N-dealkylation sites (tertiary alicyclic amines) is 2. The van der Waals surface area contributed by atoms with Gasteiger partial charge >= 0.3 is 6.03 Å². The predicted octanol–water partition coefficient (Wildman–Crippen LogP) is 3.44. The molecule has 0 aromatic heterocycles. The Morgan fingerprint density at radius 2 is 2.11 bits per heavy atom. The molecule has 3 saturated heterocycles. The quantitative estimate of drug-likeness (QED) is 0.594. The van der Waals surface area contributed by atoms with Gasteiger partial charge in [-0.2, -0.15) is 8.78 Å². The average Bonchev–Trinajstić information content (AvgIpc) is 2.74. The van der Waals surface area contributed by atoms with Gasteiger partial charge in [0.1, 0.15) is 6.61 Å². The van der Waals surface area contributed by atoms with Gasteiger partial charge in [-0.05, 0) is 56.3 Å². The number of morpholine rings is 1. The Morgan fingerprint density at radius 3 is 2.80 bits per heavy atom. The molecule has 3 atom stereocenters. The van der Waals surface area contributed by atoms with Crippen molar-refractivity contribution in [1.82, 2.24) is 20.0 Å². The number of nitrogens with one attached hydrogen (secondary N) is 1. The van der Waals surface area contributed by atoms with Gasteiger partial charge in [-0.3, -0.25) is 4.79 Å². The third kappa shape index (κ3) is 5.03. The Balaban J connectivity index is 1.07. The molecule has 1 spiro atoms. The number of fused-ring (bicyclic) bond motifs is 1. The zero-order valence-electron chi connectivity index (χ0n) is 20.0. The van der Waals surface area contributed by atoms with Crippen LogP contribution in [0, 0.1) is 11.3 Å². The highest BCUT2D eigenvalue weighted by Crippen LogP contribution is 2.54. The molecule has 1 N–H and O–H groups in total. The molecule has 1 saturated carbocycles. The maximum atomic E-state index is 13.4. The number of urea groups is 1. The molecule has 10 heteroatoms. The van der Waals surface area contributed by atoms with Crippen molar-refractivity contribution in [3.63, 3.8) is 0 Å². The molecular weight excluding hydrogens is 473 g/mol. The maximum absolute atomic E-state index is 13.4. The number of hydrogen-bond acceptors (Lipinski definition) is 4. The van der Waals surface area contributed by atoms with E-state index in [0.29, 0.717) is 24.7 Å². The summed E-state index contributed by atoms with van der Waals surface area (Å²) in [7, 11) is 1.56. The number of rotatable bonds is 4. The van der Waals surface area contributed by atoms with Crippen LogP contribution in [0.2, 0.25) is 0 Å². The standard InChI is InChI=1S/C25H33F2N4O3P/c1-16(25(26,27)35)11-29-5-3-18(7-17(29)2)8-19-9-24(10-19)14-31(15-24)23(33)30-6-4-21-20(12-30)28-22(32)13-34-21/h3,5,7,11,19-21H,2,4,6,8-10,12-15,35H2,1H3,(H,28,32)/b16-11+/t20-,21+/m1/s1. The number of amides is 3. The molecule has 190 valence electrons. The third-order valence-electron chi connectivity index (χ3n) is 7.88. The average molecular weight is 507 g/mol. The number of allylic oxidation sites excluding steroid dienone is 4. The molecule has 4 fully saturated rings. The van der Waals surface area contributed by atoms with Crippen molar-refractivity contribution >= 4 is 21.2 Å². The van der Waals surface area contributed by atoms with Crippen LogP contribution in [0.5, 0.6) is 0 Å². The summed E-state index contributed by atoms with van der Waals surface area (Å²) in [6.45, 7) is 8.27. The molecule has 4 heterocycles. The molecule has 4 aliphatic heterocycles. The zero-order valence-corrected chi connectivity index (χ0v) is 21.2. The zero-order chi connectivity index (χ0) is 25.0. The van der Waals surface area contributed by atoms with Crippen molar-refractivity contribution in [2.75, 3.05) is 32.8 Å². The number of alkyl halides is 2. The number of halogens is 2. The van der Waals surface area contributed by atoms with Gasteiger partial charge in [0, 0.05) is 55.3 Å². The molecule has 5 rings (SSSR count). The van der Waals surface area contributed by atoms with Crippen molar-refractivity contribution < 1.29 is 23.1 Å². The summed E-state index contributed by atoms with van der Waals surface area (Å²) in [5, 5.41) is 2.95. The van der Waals surface area contributed by atoms with Crippen LogP contribution >= 0.6 is 9.24 Å². The molecule has 7 nitrogen and oxygen atoms in total. The first kappa shape index (κ1) is 24.4. The summed E-state index contributed by atoms with van der Waals surface area (Å²) in [5.74, 6) is 0.442. The lowest BCUT2D eigenvalue weighted by Crippen LogP contribution is -2.68. The predicted molar refractivity (Wildman–Crippen MR) is 131 cm³/mol. The SMILES string of the molecule is C=C1C=C(CC2CC3(C2)CN(C(=O)N2CC[C@@H]4OCC(=O)N[C@@H]4C2)C3)C=CN1/C=C(\C)C(F)(F)P. The first-order valence-corrected chi connectivity index (χ1v) is 12.8. The van der Waals surface area contributed by atoms with Crippen molar-refractivity contribution in [3.05, 3.63) is 48.0 Å². The second kappa shape index (κ2) is 9.00. The Morgan fingerprint density at radius 1 is 1.37 bits per heavy atom. The Labute approximate surface area is 207 Å². The summed E-state index contributed by atoms with van der Waals surface area (Å²) < 4.78 is 32.4. The van der Waals surface area contributed by atoms with Crippen LogP contribution in [0.15, 0.2) is 48.0 Å². The van der Waals surface area contributed by atoms with Gasteiger partial charge in [0.05, 0.1) is 12.1 Å². The fourth-order valence-corrected chi connectivity index (χ4v) is 6.10. The first-order valence-electron chi connectivity index (χ1n) is 12.2. The van der Waals surface area contributed by atoms with E-state index in [1.807, 2.05) is 22.0 Å². The number of hydrogen-bond donors (Lipinski definition) is 1. The number of ether oxygens (including phenoxy) is 1. The van der Waals surface area contributed by atoms with Gasteiger partial charge < -0.3 is 24.8 Å². The molecule has 35 heavy (non-hydrogen) atoms. The van der Waals surface area contributed by atoms with E-state index in [1.54, 1.807) is 20.3 Å². The third-order valence-corrected chi connectivity index (χ3v) is 8.33. The van der Waals surface area contributed by atoms with Crippen LogP contribution in [0.4, 0.5) is 13.6 Å². The Hall–Kier alpha value is -2.25. The molecule has 0 bridgehead atoms. The summed E-state index contributed by atoms with van der Waals surface area (Å²) in [6, 6.07) is -0.0532. The van der Waals surface area contributed by atoms with Crippen LogP contribution in [0.3, 0.4) is 0 Å². The summed E-state index contributed by atoms with van der Waals surface area (Å²) >= 11 is 0. The van der Waals surface area contributed by atoms with Gasteiger partial charge in [-0.25, -0.2) is 4.79 Å². The molecule has 3 amide bonds. The van der Waals surface area contributed by atoms with Crippen molar-refractivity contribution in [2.24, 2.45) is 11.3 Å². The normalized spacial score (nSPS) is 28.9. The van der Waals surface area contributed by atoms with E-state index in [-0.39, 0.29) is 41.7 Å². The minimum atomic E-state index is -2.94. The summed E-state index contributed by atoms with van der Waals surface area (Å²) in [6.07, 6.45) is 11.0. The van der Waals surface area contributed by atoms with Crippen molar-refractivity contribution in [3.8, 4) is 0 Å². The lowest BCUT2D eigenvalue weighted by molar-refractivity contribution is -0.140. The van der Waals surface area contributed by atoms with Crippen LogP contribution in [0.25, 0.3) is 0 Å². The molecule has 5 aliphatic rings. The van der Waals surface area contributed by atoms with Crippen molar-refractivity contribution in [2.45, 2.75) is 50.4 Å². The highest BCUT2D eigenvalue weighted by atomic mass is 31.0. The number of carbonyl (C=O) groups excluding carboxylic acids is 2. The lowest BCUT2D eigenvalue weighted by atomic mass is 9.56. The largest absolute Gasteiger partial charge is 0.366 e. The van der Waals surface area contributed by atoms with E-state index in [4.69, 9.17) is 4.74 Å². The van der Waals surface area contributed by atoms with Crippen LogP contribution < -0.4 is 5.32 Å². The fraction of sp³-hybridized carbons (Fsp3) is 0.600. The molecular formula is C25H33F2N4O3P. The van der Waals surface area contributed by atoms with E-state index >= 15 is 0 Å². The number of piperidine rings is 1. The Bertz CT molecular complexity index is 1010. The van der Waals surface area contributed by atoms with E-state index < -0.39 is 5.66 Å². The summed E-state index contributed by atoms with van der Waals surface area (Å²) in [5.41, 5.74) is -0.924. The topological polar surface area (TPSA) is 65.1 Å². The fourth-order valence-electron chi connectivity index (χ4n) is 6.03. The maximum Gasteiger partial charge on any atom is 0.320 e. The van der Waals surface area contributed by atoms with Crippen LogP contribution in [-0.4, -0.2) is 77.2 Å². The van der Waals surface area contributed by atoms with Gasteiger partial charge in [-0.1, -0.05) is 15.8 Å². The number of nitrogens with zero attached hydrogens (tertiary/aromatic N) is 3. The first-order chi connectivity index (χ1) is 16.5. The van der Waals surface area contributed by atoms with Gasteiger partial charge in [0.2, 0.25) is 5.91 Å². The van der Waals surface area contributed by atoms with Crippen LogP contribution in [-0.2, 0) is 9.53 Å². The minimum Gasteiger partial charge on any atom is -0.366 e. The molecule has 0 aromatic rings. The van der Waals surface area contributed by atoms with Crippen molar-refractivity contribution in [1.29, 1.82) is 0 Å². The second-order valence-corrected chi connectivity index (χ2v) is 11.5. The highest BCUT2D eigenvalue weighted by molar-refractivity contribution is 7.18. The monoisotopic (exact) mass is 506 g/mol. The van der Waals surface area contributed by atoms with E-state index in [1.165, 1.54) is 13.1 Å². The molecule has 0 aromatic carbocycles. The smallest absolute Gasteiger partial charge is 0.320 e. The molecule has 1 aliphatic carbocycles. The minimum absolute atomic E-state index is 0.00446. The Kier molecular flexibility index (Phi) is 6.29. The highest BCUT2D eigenvalue weighted by Gasteiger charge is 2.54. The molecule has 1 unspecified atom stereocenters. The van der Waals surface area contributed by atoms with E-state index in [2.05, 4.69) is 11.9 Å². The second-order valence-electron chi connectivity index (χ2n) is 10.7. The van der Waals surface area contributed by atoms with Gasteiger partial charge in [0.25, 0.3) is 5.66 Å². The summed E-state index contributed by atoms with van der Waals surface area (Å²) in [4.78, 5) is 30.0. The van der Waals surface area contributed by atoms with Crippen LogP contribution in [0.1, 0.15) is 32.6 Å². The van der Waals surface area contributed by atoms with E-state index in [0.717, 1.165) is 44.3 Å². The molecule has 0 radical (unpaired) electrons. The van der Waals surface area contributed by atoms with Gasteiger partial charge in [0.15, 0.2) is 0 Å². The van der Waals surface area contributed by atoms with E-state index in [9.17, 15) is 18.4 Å². The van der Waals surface area contributed by atoms with Gasteiger partial charge in [-0.15, -0.1) is 0 Å². The lowest BCUT2D eigenvalue weighted by Gasteiger charge is -2.60. The number of carbonyl (C=O) groups is 2.